The standard InChI is InChI=1S/C17H23N3O3/c1-11(2)17(3,22)10-18-16(21)14-9-19-20-15(14)12-5-7-13(23-4)8-6-12/h5-9,11,22H,10H2,1-4H3,(H,18,21)(H,19,20). The lowest BCUT2D eigenvalue weighted by Crippen LogP contribution is -2.44. The fourth-order valence-electron chi connectivity index (χ4n) is 1.99. The average molecular weight is 317 g/mol. The number of methoxy groups -OCH3 is 1. The smallest absolute Gasteiger partial charge is 0.255 e. The highest BCUT2D eigenvalue weighted by Gasteiger charge is 2.26. The minimum atomic E-state index is -0.959. The number of nitrogens with zero attached hydrogens (tertiary/aromatic N) is 1. The number of aromatic nitrogens is 2. The number of hydrogen-bond acceptors (Lipinski definition) is 4. The van der Waals surface area contributed by atoms with Crippen LogP contribution in [0.1, 0.15) is 31.1 Å². The maximum atomic E-state index is 12.4. The molecule has 0 saturated carbocycles. The van der Waals surface area contributed by atoms with Gasteiger partial charge in [-0.1, -0.05) is 13.8 Å². The van der Waals surface area contributed by atoms with Gasteiger partial charge in [-0.3, -0.25) is 9.89 Å². The van der Waals surface area contributed by atoms with Crippen LogP contribution < -0.4 is 10.1 Å². The minimum absolute atomic E-state index is 0.0354. The SMILES string of the molecule is COc1ccc(-c2[nH]ncc2C(=O)NCC(C)(O)C(C)C)cc1. The van der Waals surface area contributed by atoms with E-state index in [1.807, 2.05) is 38.1 Å². The maximum Gasteiger partial charge on any atom is 0.255 e. The number of H-pyrrole nitrogens is 1. The van der Waals surface area contributed by atoms with E-state index >= 15 is 0 Å². The van der Waals surface area contributed by atoms with E-state index in [-0.39, 0.29) is 18.4 Å². The van der Waals surface area contributed by atoms with E-state index in [1.54, 1.807) is 14.0 Å². The number of aromatic amines is 1. The van der Waals surface area contributed by atoms with Crippen LogP contribution in [0.25, 0.3) is 11.3 Å². The van der Waals surface area contributed by atoms with Crippen LogP contribution in [0.5, 0.6) is 5.75 Å². The Hall–Kier alpha value is -2.34. The van der Waals surface area contributed by atoms with Gasteiger partial charge in [0.25, 0.3) is 5.91 Å². The number of benzene rings is 1. The molecule has 124 valence electrons. The van der Waals surface area contributed by atoms with Crippen molar-refractivity contribution in [2.24, 2.45) is 5.92 Å². The quantitative estimate of drug-likeness (QED) is 0.762. The van der Waals surface area contributed by atoms with Crippen molar-refractivity contribution < 1.29 is 14.6 Å². The van der Waals surface area contributed by atoms with Gasteiger partial charge >= 0.3 is 0 Å². The molecule has 0 aliphatic carbocycles. The topological polar surface area (TPSA) is 87.2 Å². The highest BCUT2D eigenvalue weighted by Crippen LogP contribution is 2.24. The predicted octanol–water partition coefficient (Wildman–Crippen LogP) is 2.22. The molecule has 0 bridgehead atoms. The Balaban J connectivity index is 2.15. The fourth-order valence-corrected chi connectivity index (χ4v) is 1.99. The number of nitrogens with one attached hydrogen (secondary N) is 2. The third-order valence-corrected chi connectivity index (χ3v) is 4.11. The molecule has 1 amide bonds. The molecular formula is C17H23N3O3. The first kappa shape index (κ1) is 17.0. The molecule has 1 aromatic heterocycles. The summed E-state index contributed by atoms with van der Waals surface area (Å²) in [5, 5.41) is 19.8. The van der Waals surface area contributed by atoms with Crippen LogP contribution in [0.3, 0.4) is 0 Å². The van der Waals surface area contributed by atoms with Crippen LogP contribution in [0, 0.1) is 5.92 Å². The van der Waals surface area contributed by atoms with Crippen molar-refractivity contribution in [3.05, 3.63) is 36.0 Å². The van der Waals surface area contributed by atoms with Gasteiger partial charge in [0.15, 0.2) is 0 Å². The Labute approximate surface area is 135 Å². The van der Waals surface area contributed by atoms with E-state index < -0.39 is 5.60 Å². The van der Waals surface area contributed by atoms with Crippen molar-refractivity contribution in [1.29, 1.82) is 0 Å². The number of aliphatic hydroxyl groups is 1. The normalized spacial score (nSPS) is 13.7. The van der Waals surface area contributed by atoms with Gasteiger partial charge in [0, 0.05) is 12.1 Å². The molecule has 6 heteroatoms. The number of carbonyl (C=O) groups excluding carboxylic acids is 1. The van der Waals surface area contributed by atoms with Crippen LogP contribution in [0.4, 0.5) is 0 Å². The van der Waals surface area contributed by atoms with Crippen molar-refractivity contribution in [3.63, 3.8) is 0 Å². The van der Waals surface area contributed by atoms with E-state index in [0.717, 1.165) is 11.3 Å². The maximum absolute atomic E-state index is 12.4. The van der Waals surface area contributed by atoms with E-state index in [2.05, 4.69) is 15.5 Å². The number of hydrogen-bond donors (Lipinski definition) is 3. The molecule has 1 atom stereocenters. The van der Waals surface area contributed by atoms with Gasteiger partial charge in [-0.15, -0.1) is 0 Å². The lowest BCUT2D eigenvalue weighted by molar-refractivity contribution is 0.0142. The highest BCUT2D eigenvalue weighted by molar-refractivity contribution is 5.99. The number of ether oxygens (including phenoxy) is 1. The number of rotatable bonds is 6. The van der Waals surface area contributed by atoms with Crippen molar-refractivity contribution in [3.8, 4) is 17.0 Å². The molecule has 1 aromatic carbocycles. The summed E-state index contributed by atoms with van der Waals surface area (Å²) in [6, 6.07) is 7.35. The summed E-state index contributed by atoms with van der Waals surface area (Å²) in [5.74, 6) is 0.506. The minimum Gasteiger partial charge on any atom is -0.497 e. The molecule has 0 aliphatic heterocycles. The summed E-state index contributed by atoms with van der Waals surface area (Å²) in [5.41, 5.74) is 0.952. The molecule has 1 unspecified atom stereocenters. The third kappa shape index (κ3) is 3.90. The van der Waals surface area contributed by atoms with Gasteiger partial charge in [0.2, 0.25) is 0 Å². The molecular weight excluding hydrogens is 294 g/mol. The van der Waals surface area contributed by atoms with E-state index in [4.69, 9.17) is 4.74 Å². The summed E-state index contributed by atoms with van der Waals surface area (Å²) in [7, 11) is 1.60. The van der Waals surface area contributed by atoms with Gasteiger partial charge in [-0.2, -0.15) is 5.10 Å². The molecule has 2 aromatic rings. The van der Waals surface area contributed by atoms with Gasteiger partial charge < -0.3 is 15.2 Å². The molecule has 0 saturated heterocycles. The van der Waals surface area contributed by atoms with E-state index in [1.165, 1.54) is 6.20 Å². The van der Waals surface area contributed by atoms with Gasteiger partial charge in [0.1, 0.15) is 5.75 Å². The second-order valence-corrected chi connectivity index (χ2v) is 6.08. The second kappa shape index (κ2) is 6.83. The van der Waals surface area contributed by atoms with E-state index in [9.17, 15) is 9.90 Å². The zero-order valence-corrected chi connectivity index (χ0v) is 13.9. The Kier molecular flexibility index (Phi) is 5.05. The molecule has 0 spiro atoms. The first-order chi connectivity index (χ1) is 10.8. The summed E-state index contributed by atoms with van der Waals surface area (Å²) in [4.78, 5) is 12.4. The van der Waals surface area contributed by atoms with Crippen molar-refractivity contribution in [1.82, 2.24) is 15.5 Å². The van der Waals surface area contributed by atoms with Crippen LogP contribution >= 0.6 is 0 Å². The van der Waals surface area contributed by atoms with Crippen LogP contribution in [-0.2, 0) is 0 Å². The van der Waals surface area contributed by atoms with Crippen molar-refractivity contribution in [2.75, 3.05) is 13.7 Å². The highest BCUT2D eigenvalue weighted by atomic mass is 16.5. The predicted molar refractivity (Wildman–Crippen MR) is 88.4 cm³/mol. The summed E-state index contributed by atoms with van der Waals surface area (Å²) < 4.78 is 5.13. The summed E-state index contributed by atoms with van der Waals surface area (Å²) in [6.07, 6.45) is 1.49. The average Bonchev–Trinajstić information content (AvgIpc) is 3.02. The Morgan fingerprint density at radius 3 is 2.61 bits per heavy atom. The first-order valence-electron chi connectivity index (χ1n) is 7.53. The molecule has 6 nitrogen and oxygen atoms in total. The van der Waals surface area contributed by atoms with Crippen LogP contribution in [-0.4, -0.2) is 40.5 Å². The zero-order chi connectivity index (χ0) is 17.0. The van der Waals surface area contributed by atoms with Crippen molar-refractivity contribution >= 4 is 5.91 Å². The Bertz CT molecular complexity index is 660. The lowest BCUT2D eigenvalue weighted by Gasteiger charge is -2.27. The number of carbonyl (C=O) groups is 1. The molecule has 3 N–H and O–H groups in total. The summed E-state index contributed by atoms with van der Waals surface area (Å²) >= 11 is 0. The Morgan fingerprint density at radius 2 is 2.04 bits per heavy atom. The van der Waals surface area contributed by atoms with Crippen LogP contribution in [0.15, 0.2) is 30.5 Å². The lowest BCUT2D eigenvalue weighted by atomic mass is 9.92. The molecule has 0 radical (unpaired) electrons. The largest absolute Gasteiger partial charge is 0.497 e. The summed E-state index contributed by atoms with van der Waals surface area (Å²) in [6.45, 7) is 5.70. The fraction of sp³-hybridized carbons (Fsp3) is 0.412. The van der Waals surface area contributed by atoms with Gasteiger partial charge in [0.05, 0.1) is 30.2 Å². The van der Waals surface area contributed by atoms with Gasteiger partial charge in [-0.05, 0) is 37.1 Å². The van der Waals surface area contributed by atoms with E-state index in [0.29, 0.717) is 11.3 Å². The first-order valence-corrected chi connectivity index (χ1v) is 7.53. The monoisotopic (exact) mass is 317 g/mol. The Morgan fingerprint density at radius 1 is 1.39 bits per heavy atom. The number of amides is 1. The molecule has 0 aliphatic rings. The van der Waals surface area contributed by atoms with Crippen LogP contribution in [0.2, 0.25) is 0 Å². The zero-order valence-electron chi connectivity index (χ0n) is 13.9. The molecule has 1 heterocycles. The molecule has 23 heavy (non-hydrogen) atoms. The third-order valence-electron chi connectivity index (χ3n) is 4.11. The van der Waals surface area contributed by atoms with Gasteiger partial charge in [-0.25, -0.2) is 0 Å². The molecule has 2 rings (SSSR count). The second-order valence-electron chi connectivity index (χ2n) is 6.08. The van der Waals surface area contributed by atoms with Crippen molar-refractivity contribution in [2.45, 2.75) is 26.4 Å². The molecule has 0 fully saturated rings.